The number of nitrogens with zero attached hydrogens (tertiary/aromatic N) is 2. The first-order valence-electron chi connectivity index (χ1n) is 5.91. The van der Waals surface area contributed by atoms with E-state index in [2.05, 4.69) is 4.90 Å². The van der Waals surface area contributed by atoms with Gasteiger partial charge in [0.2, 0.25) is 10.0 Å². The van der Waals surface area contributed by atoms with Crippen molar-refractivity contribution in [3.8, 4) is 0 Å². The molecule has 1 heterocycles. The molecule has 1 aromatic carbocycles. The van der Waals surface area contributed by atoms with Gasteiger partial charge in [-0.05, 0) is 30.7 Å². The number of nitrogens with two attached hydrogens (primary N) is 1. The molecule has 18 heavy (non-hydrogen) atoms. The van der Waals surface area contributed by atoms with E-state index in [4.69, 9.17) is 5.73 Å². The third-order valence-electron chi connectivity index (χ3n) is 3.44. The van der Waals surface area contributed by atoms with E-state index in [0.717, 1.165) is 17.8 Å². The van der Waals surface area contributed by atoms with Crippen LogP contribution in [0.3, 0.4) is 0 Å². The minimum absolute atomic E-state index is 0.225. The van der Waals surface area contributed by atoms with Crippen molar-refractivity contribution in [2.45, 2.75) is 12.5 Å². The molecule has 1 aliphatic heterocycles. The van der Waals surface area contributed by atoms with Crippen molar-refractivity contribution in [1.82, 2.24) is 4.31 Å². The number of anilines is 2. The Morgan fingerprint density at radius 1 is 1.33 bits per heavy atom. The van der Waals surface area contributed by atoms with Gasteiger partial charge in [0.15, 0.2) is 0 Å². The van der Waals surface area contributed by atoms with E-state index in [1.165, 1.54) is 10.6 Å². The number of benzene rings is 1. The Morgan fingerprint density at radius 2 is 1.94 bits per heavy atom. The van der Waals surface area contributed by atoms with Crippen LogP contribution in [0.2, 0.25) is 0 Å². The average Bonchev–Trinajstić information content (AvgIpc) is 2.78. The SMILES string of the molecule is CN(c1ccc(N)cc1)[C@@H]1CCN(S(C)(=O)=O)C1. The number of rotatable bonds is 3. The molecule has 5 nitrogen and oxygen atoms in total. The summed E-state index contributed by atoms with van der Waals surface area (Å²) in [6.45, 7) is 1.16. The largest absolute Gasteiger partial charge is 0.399 e. The van der Waals surface area contributed by atoms with Crippen molar-refractivity contribution >= 4 is 21.4 Å². The summed E-state index contributed by atoms with van der Waals surface area (Å²) in [6, 6.07) is 7.85. The maximum atomic E-state index is 11.5. The van der Waals surface area contributed by atoms with E-state index < -0.39 is 10.0 Å². The van der Waals surface area contributed by atoms with Gasteiger partial charge in [0.25, 0.3) is 0 Å². The summed E-state index contributed by atoms with van der Waals surface area (Å²) >= 11 is 0. The van der Waals surface area contributed by atoms with Gasteiger partial charge in [-0.1, -0.05) is 0 Å². The molecule has 0 saturated carbocycles. The monoisotopic (exact) mass is 269 g/mol. The van der Waals surface area contributed by atoms with E-state index in [9.17, 15) is 8.42 Å². The van der Waals surface area contributed by atoms with Gasteiger partial charge in [0, 0.05) is 37.6 Å². The minimum atomic E-state index is -3.07. The molecule has 1 aromatic rings. The van der Waals surface area contributed by atoms with Crippen molar-refractivity contribution in [3.63, 3.8) is 0 Å². The Kier molecular flexibility index (Phi) is 3.49. The molecule has 0 bridgehead atoms. The normalized spacial score (nSPS) is 21.1. The molecular weight excluding hydrogens is 250 g/mol. The molecule has 0 radical (unpaired) electrons. The second kappa shape index (κ2) is 4.78. The summed E-state index contributed by atoms with van der Waals surface area (Å²) in [5.41, 5.74) is 7.45. The lowest BCUT2D eigenvalue weighted by Crippen LogP contribution is -2.36. The molecule has 0 spiro atoms. The molecule has 1 saturated heterocycles. The van der Waals surface area contributed by atoms with Gasteiger partial charge in [0.1, 0.15) is 0 Å². The summed E-state index contributed by atoms with van der Waals surface area (Å²) in [7, 11) is -1.08. The van der Waals surface area contributed by atoms with Crippen LogP contribution in [0.25, 0.3) is 0 Å². The van der Waals surface area contributed by atoms with Crippen molar-refractivity contribution < 1.29 is 8.42 Å². The number of likely N-dealkylation sites (N-methyl/N-ethyl adjacent to an activating group) is 1. The number of hydrogen-bond acceptors (Lipinski definition) is 4. The fourth-order valence-electron chi connectivity index (χ4n) is 2.25. The molecule has 0 unspecified atom stereocenters. The van der Waals surface area contributed by atoms with Crippen LogP contribution < -0.4 is 10.6 Å². The molecule has 1 atom stereocenters. The second-order valence-electron chi connectivity index (χ2n) is 4.77. The summed E-state index contributed by atoms with van der Waals surface area (Å²) in [5.74, 6) is 0. The molecule has 2 rings (SSSR count). The van der Waals surface area contributed by atoms with Gasteiger partial charge in [-0.2, -0.15) is 0 Å². The number of sulfonamides is 1. The third kappa shape index (κ3) is 2.76. The molecular formula is C12H19N3O2S. The molecule has 100 valence electrons. The lowest BCUT2D eigenvalue weighted by atomic mass is 10.2. The Bertz CT molecular complexity index is 513. The standard InChI is InChI=1S/C12H19N3O2S/c1-14(11-5-3-10(13)4-6-11)12-7-8-15(9-12)18(2,16)17/h3-6,12H,7-9,13H2,1-2H3/t12-/m1/s1. The van der Waals surface area contributed by atoms with Gasteiger partial charge in [-0.25, -0.2) is 12.7 Å². The number of hydrogen-bond donors (Lipinski definition) is 1. The Hall–Kier alpha value is -1.27. The van der Waals surface area contributed by atoms with Crippen LogP contribution in [0.1, 0.15) is 6.42 Å². The zero-order valence-corrected chi connectivity index (χ0v) is 11.5. The lowest BCUT2D eigenvalue weighted by molar-refractivity contribution is 0.476. The van der Waals surface area contributed by atoms with Crippen LogP contribution in [0, 0.1) is 0 Å². The van der Waals surface area contributed by atoms with Gasteiger partial charge in [0.05, 0.1) is 6.26 Å². The zero-order chi connectivity index (χ0) is 13.3. The fraction of sp³-hybridized carbons (Fsp3) is 0.500. The van der Waals surface area contributed by atoms with Crippen molar-refractivity contribution in [3.05, 3.63) is 24.3 Å². The quantitative estimate of drug-likeness (QED) is 0.822. The summed E-state index contributed by atoms with van der Waals surface area (Å²) in [6.07, 6.45) is 2.12. The predicted octanol–water partition coefficient (Wildman–Crippen LogP) is 0.739. The Labute approximate surface area is 108 Å². The predicted molar refractivity (Wildman–Crippen MR) is 74.1 cm³/mol. The van der Waals surface area contributed by atoms with E-state index >= 15 is 0 Å². The summed E-state index contributed by atoms with van der Waals surface area (Å²) in [4.78, 5) is 2.12. The van der Waals surface area contributed by atoms with Crippen LogP contribution in [0.4, 0.5) is 11.4 Å². The highest BCUT2D eigenvalue weighted by Gasteiger charge is 2.30. The topological polar surface area (TPSA) is 66.6 Å². The summed E-state index contributed by atoms with van der Waals surface area (Å²) < 4.78 is 24.5. The second-order valence-corrected chi connectivity index (χ2v) is 6.75. The van der Waals surface area contributed by atoms with Crippen LogP contribution in [0.5, 0.6) is 0 Å². The maximum absolute atomic E-state index is 11.5. The van der Waals surface area contributed by atoms with Crippen LogP contribution in [-0.4, -0.2) is 45.2 Å². The fourth-order valence-corrected chi connectivity index (χ4v) is 3.13. The molecule has 1 aliphatic rings. The Balaban J connectivity index is 2.08. The number of nitrogen functional groups attached to an aromatic ring is 1. The van der Waals surface area contributed by atoms with E-state index in [1.54, 1.807) is 0 Å². The van der Waals surface area contributed by atoms with Crippen molar-refractivity contribution in [2.24, 2.45) is 0 Å². The maximum Gasteiger partial charge on any atom is 0.211 e. The highest BCUT2D eigenvalue weighted by Crippen LogP contribution is 2.23. The highest BCUT2D eigenvalue weighted by atomic mass is 32.2. The van der Waals surface area contributed by atoms with Gasteiger partial charge < -0.3 is 10.6 Å². The molecule has 1 fully saturated rings. The van der Waals surface area contributed by atoms with E-state index in [1.807, 2.05) is 31.3 Å². The molecule has 6 heteroatoms. The van der Waals surface area contributed by atoms with Crippen LogP contribution >= 0.6 is 0 Å². The zero-order valence-electron chi connectivity index (χ0n) is 10.7. The first kappa shape index (κ1) is 13.2. The molecule has 0 aliphatic carbocycles. The van der Waals surface area contributed by atoms with Gasteiger partial charge in [-0.3, -0.25) is 0 Å². The first-order valence-corrected chi connectivity index (χ1v) is 7.76. The third-order valence-corrected chi connectivity index (χ3v) is 4.71. The van der Waals surface area contributed by atoms with Crippen LogP contribution in [-0.2, 0) is 10.0 Å². The summed E-state index contributed by atoms with van der Waals surface area (Å²) in [5, 5.41) is 0. The highest BCUT2D eigenvalue weighted by molar-refractivity contribution is 7.88. The lowest BCUT2D eigenvalue weighted by Gasteiger charge is -2.26. The van der Waals surface area contributed by atoms with E-state index in [0.29, 0.717) is 13.1 Å². The van der Waals surface area contributed by atoms with E-state index in [-0.39, 0.29) is 6.04 Å². The van der Waals surface area contributed by atoms with Crippen molar-refractivity contribution in [2.75, 3.05) is 37.0 Å². The average molecular weight is 269 g/mol. The smallest absolute Gasteiger partial charge is 0.211 e. The van der Waals surface area contributed by atoms with Crippen LogP contribution in [0.15, 0.2) is 24.3 Å². The first-order chi connectivity index (χ1) is 8.38. The molecule has 0 amide bonds. The van der Waals surface area contributed by atoms with Crippen molar-refractivity contribution in [1.29, 1.82) is 0 Å². The van der Waals surface area contributed by atoms with Gasteiger partial charge in [-0.15, -0.1) is 0 Å². The Morgan fingerprint density at radius 3 is 2.44 bits per heavy atom. The van der Waals surface area contributed by atoms with Gasteiger partial charge >= 0.3 is 0 Å². The minimum Gasteiger partial charge on any atom is -0.399 e. The molecule has 0 aromatic heterocycles. The molecule has 2 N–H and O–H groups in total.